The van der Waals surface area contributed by atoms with Crippen molar-refractivity contribution in [1.29, 1.82) is 0 Å². The van der Waals surface area contributed by atoms with E-state index >= 15 is 0 Å². The van der Waals surface area contributed by atoms with Gasteiger partial charge in [0.2, 0.25) is 0 Å². The Morgan fingerprint density at radius 1 is 0.595 bits per heavy atom. The van der Waals surface area contributed by atoms with Crippen LogP contribution in [0.25, 0.3) is 0 Å². The molecule has 0 aromatic carbocycles. The Bertz CT molecular complexity index is 614. The minimum absolute atomic E-state index is 0.645. The van der Waals surface area contributed by atoms with Gasteiger partial charge in [0, 0.05) is 14.2 Å². The van der Waals surface area contributed by atoms with Crippen LogP contribution in [0.15, 0.2) is 0 Å². The van der Waals surface area contributed by atoms with Gasteiger partial charge in [-0.2, -0.15) is 0 Å². The summed E-state index contributed by atoms with van der Waals surface area (Å²) in [6.07, 6.45) is -25.4. The van der Waals surface area contributed by atoms with Crippen LogP contribution in [0, 0.1) is 0 Å². The molecule has 0 bridgehead atoms. The summed E-state index contributed by atoms with van der Waals surface area (Å²) in [4.78, 5) is 0. The first kappa shape index (κ1) is 32.5. The molecule has 0 aliphatic carbocycles. The van der Waals surface area contributed by atoms with Gasteiger partial charge in [0.15, 0.2) is 18.9 Å². The highest BCUT2D eigenvalue weighted by Crippen LogP contribution is 2.25. The number of methoxy groups -OCH3 is 2. The van der Waals surface area contributed by atoms with Crippen LogP contribution in [0.3, 0.4) is 0 Å². The smallest absolute Gasteiger partial charge is 0.186 e. The van der Waals surface area contributed by atoms with Gasteiger partial charge >= 0.3 is 0 Å². The standard InChI is InChI=1S/C20H38O17/c1-32-18-15(29)13(27)10(24)7(36-18)4-34-20(17(31)12(26)9(23)6(22)3-21)35-5-8-11(25)14(28)16(30)19(33-2)37-8/h6-31H,3-5H2,1-2H3/t6-,7+,8+,9-,10+,11+,12+,13-,14-,15+,16+,17-,18-,19-/m0/s1. The molecule has 2 rings (SSSR count). The van der Waals surface area contributed by atoms with E-state index in [2.05, 4.69) is 0 Å². The average molecular weight is 551 g/mol. The molecule has 37 heavy (non-hydrogen) atoms. The van der Waals surface area contributed by atoms with Gasteiger partial charge in [-0.1, -0.05) is 0 Å². The topological polar surface area (TPSA) is 278 Å². The Morgan fingerprint density at radius 2 is 1.00 bits per heavy atom. The second-order valence-electron chi connectivity index (χ2n) is 8.76. The quantitative estimate of drug-likeness (QED) is 0.0950. The Kier molecular flexibility index (Phi) is 12.9. The van der Waals surface area contributed by atoms with E-state index in [0.29, 0.717) is 0 Å². The largest absolute Gasteiger partial charge is 0.394 e. The normalized spacial score (nSPS) is 41.1. The van der Waals surface area contributed by atoms with E-state index in [1.54, 1.807) is 0 Å². The van der Waals surface area contributed by atoms with Crippen LogP contribution in [0.1, 0.15) is 0 Å². The van der Waals surface area contributed by atoms with Crippen LogP contribution >= 0.6 is 0 Å². The second-order valence-corrected chi connectivity index (χ2v) is 8.76. The fourth-order valence-electron chi connectivity index (χ4n) is 3.82. The van der Waals surface area contributed by atoms with E-state index < -0.39 is 112 Å². The Balaban J connectivity index is 2.15. The molecular formula is C20H38O17. The van der Waals surface area contributed by atoms with Gasteiger partial charge in [-0.3, -0.25) is 0 Å². The molecule has 2 fully saturated rings. The second kappa shape index (κ2) is 14.6. The minimum Gasteiger partial charge on any atom is -0.394 e. The van der Waals surface area contributed by atoms with Crippen molar-refractivity contribution in [2.45, 2.75) is 92.1 Å². The van der Waals surface area contributed by atoms with E-state index in [1.165, 1.54) is 14.2 Å². The van der Waals surface area contributed by atoms with Crippen molar-refractivity contribution < 1.29 is 84.6 Å². The van der Waals surface area contributed by atoms with Gasteiger partial charge in [-0.05, 0) is 0 Å². The van der Waals surface area contributed by atoms with Crippen molar-refractivity contribution >= 4 is 0 Å². The van der Waals surface area contributed by atoms with Gasteiger partial charge in [-0.15, -0.1) is 0 Å². The van der Waals surface area contributed by atoms with E-state index in [0.717, 1.165) is 0 Å². The van der Waals surface area contributed by atoms with Gasteiger partial charge in [0.1, 0.15) is 73.2 Å². The summed E-state index contributed by atoms with van der Waals surface area (Å²) >= 11 is 0. The average Bonchev–Trinajstić information content (AvgIpc) is 2.90. The summed E-state index contributed by atoms with van der Waals surface area (Å²) < 4.78 is 31.2. The highest BCUT2D eigenvalue weighted by molar-refractivity contribution is 4.91. The maximum Gasteiger partial charge on any atom is 0.186 e. The minimum atomic E-state index is -2.15. The number of hydrogen-bond donors (Lipinski definition) is 11. The molecule has 2 aliphatic heterocycles. The third kappa shape index (κ3) is 7.71. The van der Waals surface area contributed by atoms with Gasteiger partial charge in [0.05, 0.1) is 19.8 Å². The Labute approximate surface area is 211 Å². The molecule has 11 N–H and O–H groups in total. The van der Waals surface area contributed by atoms with E-state index in [1.807, 2.05) is 0 Å². The highest BCUT2D eigenvalue weighted by atomic mass is 16.7. The first-order chi connectivity index (χ1) is 17.4. The van der Waals surface area contributed by atoms with Crippen LogP contribution in [0.4, 0.5) is 0 Å². The lowest BCUT2D eigenvalue weighted by Crippen LogP contribution is -2.60. The molecular weight excluding hydrogens is 512 g/mol. The number of ether oxygens (including phenoxy) is 6. The molecule has 0 amide bonds. The summed E-state index contributed by atoms with van der Waals surface area (Å²) in [6.45, 7) is -2.25. The van der Waals surface area contributed by atoms with Gasteiger partial charge < -0.3 is 84.6 Å². The molecule has 2 saturated heterocycles. The molecule has 220 valence electrons. The SMILES string of the molecule is CO[C@H]1O[C@H](COC(OC[C@H]2O[C@H](OC)[C@H](O)[C@@H](O)[C@@H]2O)[C@@H](O)[C@H](O)[C@@H](O)[C@@H](O)CO)[C@@H](O)[C@H](O)[C@H]1O. The molecule has 0 radical (unpaired) electrons. The number of hydrogen-bond acceptors (Lipinski definition) is 17. The lowest BCUT2D eigenvalue weighted by molar-refractivity contribution is -0.321. The Hall–Kier alpha value is -0.680. The molecule has 0 saturated carbocycles. The van der Waals surface area contributed by atoms with E-state index in [-0.39, 0.29) is 0 Å². The zero-order valence-electron chi connectivity index (χ0n) is 20.2. The number of aliphatic hydroxyl groups is 11. The molecule has 0 unspecified atom stereocenters. The van der Waals surface area contributed by atoms with Crippen LogP contribution in [-0.2, 0) is 28.4 Å². The van der Waals surface area contributed by atoms with Crippen molar-refractivity contribution in [2.75, 3.05) is 34.0 Å². The van der Waals surface area contributed by atoms with E-state index in [9.17, 15) is 51.1 Å². The van der Waals surface area contributed by atoms with Crippen LogP contribution in [0.2, 0.25) is 0 Å². The molecule has 2 heterocycles. The first-order valence-electron chi connectivity index (χ1n) is 11.4. The maximum absolute atomic E-state index is 10.6. The zero-order valence-corrected chi connectivity index (χ0v) is 20.2. The van der Waals surface area contributed by atoms with Gasteiger partial charge in [-0.25, -0.2) is 0 Å². The van der Waals surface area contributed by atoms with Crippen molar-refractivity contribution in [2.24, 2.45) is 0 Å². The Morgan fingerprint density at radius 3 is 1.35 bits per heavy atom. The number of aliphatic hydroxyl groups excluding tert-OH is 11. The van der Waals surface area contributed by atoms with Crippen molar-refractivity contribution in [1.82, 2.24) is 0 Å². The molecule has 0 aromatic rings. The predicted molar refractivity (Wildman–Crippen MR) is 114 cm³/mol. The monoisotopic (exact) mass is 550 g/mol. The summed E-state index contributed by atoms with van der Waals surface area (Å²) in [5.41, 5.74) is 0. The molecule has 17 nitrogen and oxygen atoms in total. The van der Waals surface area contributed by atoms with Crippen molar-refractivity contribution in [3.05, 3.63) is 0 Å². The molecule has 0 spiro atoms. The number of rotatable bonds is 13. The van der Waals surface area contributed by atoms with Crippen LogP contribution in [-0.4, -0.2) is 182 Å². The van der Waals surface area contributed by atoms with Crippen molar-refractivity contribution in [3.63, 3.8) is 0 Å². The predicted octanol–water partition coefficient (Wildman–Crippen LogP) is -7.31. The third-order valence-corrected chi connectivity index (χ3v) is 6.21. The molecule has 2 aliphatic rings. The molecule has 17 heteroatoms. The lowest BCUT2D eigenvalue weighted by atomic mass is 9.99. The fraction of sp³-hybridized carbons (Fsp3) is 1.00. The highest BCUT2D eigenvalue weighted by Gasteiger charge is 2.47. The molecule has 0 aromatic heterocycles. The third-order valence-electron chi connectivity index (χ3n) is 6.21. The summed E-state index contributed by atoms with van der Waals surface area (Å²) in [6, 6.07) is 0. The van der Waals surface area contributed by atoms with Crippen LogP contribution in [0.5, 0.6) is 0 Å². The van der Waals surface area contributed by atoms with Crippen molar-refractivity contribution in [3.8, 4) is 0 Å². The summed E-state index contributed by atoms with van der Waals surface area (Å²) in [7, 11) is 2.34. The fourth-order valence-corrected chi connectivity index (χ4v) is 3.82. The summed E-state index contributed by atoms with van der Waals surface area (Å²) in [5.74, 6) is 0. The maximum atomic E-state index is 10.6. The lowest BCUT2D eigenvalue weighted by Gasteiger charge is -2.41. The first-order valence-corrected chi connectivity index (χ1v) is 11.4. The summed E-state index contributed by atoms with van der Waals surface area (Å²) in [5, 5.41) is 110. The molecule has 14 atom stereocenters. The van der Waals surface area contributed by atoms with E-state index in [4.69, 9.17) is 33.5 Å². The van der Waals surface area contributed by atoms with Crippen LogP contribution < -0.4 is 0 Å². The van der Waals surface area contributed by atoms with Gasteiger partial charge in [0.25, 0.3) is 0 Å². The zero-order chi connectivity index (χ0) is 28.0.